The molecule has 0 aliphatic carbocycles. The summed E-state index contributed by atoms with van der Waals surface area (Å²) >= 11 is 1.52. The van der Waals surface area contributed by atoms with Gasteiger partial charge in [-0.25, -0.2) is 12.8 Å². The number of aliphatic hydroxyl groups excluding tert-OH is 1. The summed E-state index contributed by atoms with van der Waals surface area (Å²) in [6, 6.07) is 15.9. The number of sulfonamides is 1. The Morgan fingerprint density at radius 1 is 1.06 bits per heavy atom. The van der Waals surface area contributed by atoms with Crippen molar-refractivity contribution in [2.45, 2.75) is 28.2 Å². The maximum atomic E-state index is 13.3. The van der Waals surface area contributed by atoms with Crippen LogP contribution in [0.5, 0.6) is 0 Å². The van der Waals surface area contributed by atoms with E-state index >= 15 is 0 Å². The van der Waals surface area contributed by atoms with E-state index in [1.165, 1.54) is 54.2 Å². The Labute approximate surface area is 189 Å². The number of hydrogen-bond acceptors (Lipinski definition) is 6. The smallest absolute Gasteiger partial charge is 0.261 e. The van der Waals surface area contributed by atoms with Gasteiger partial charge in [0.25, 0.3) is 15.9 Å². The minimum absolute atomic E-state index is 0.00706. The van der Waals surface area contributed by atoms with Gasteiger partial charge >= 0.3 is 0 Å². The molecule has 0 aromatic heterocycles. The first-order valence-corrected chi connectivity index (χ1v) is 12.0. The highest BCUT2D eigenvalue weighted by Gasteiger charge is 2.24. The lowest BCUT2D eigenvalue weighted by Crippen LogP contribution is -2.32. The fourth-order valence-corrected chi connectivity index (χ4v) is 5.15. The third-order valence-electron chi connectivity index (χ3n) is 4.80. The zero-order valence-electron chi connectivity index (χ0n) is 16.9. The molecule has 0 fully saturated rings. The minimum Gasteiger partial charge on any atom is -0.373 e. The third-order valence-corrected chi connectivity index (χ3v) is 7.44. The number of aliphatic hydroxyl groups is 1. The Kier molecular flexibility index (Phi) is 6.09. The van der Waals surface area contributed by atoms with Crippen molar-refractivity contribution in [1.29, 1.82) is 0 Å². The molecule has 2 atom stereocenters. The molecule has 4 N–H and O–H groups in total. The number of benzene rings is 3. The molecule has 32 heavy (non-hydrogen) atoms. The number of carbonyl (C=O) groups is 1. The molecule has 0 spiro atoms. The number of anilines is 3. The SMILES string of the molecule is CC1Sc2ccc(C(=O)Nc3ccc(S(=O)(=O)Nc4cccc(F)c4)cc3)cc2NC1O. The van der Waals surface area contributed by atoms with Crippen LogP contribution in [0.15, 0.2) is 76.5 Å². The van der Waals surface area contributed by atoms with Crippen LogP contribution < -0.4 is 15.4 Å². The van der Waals surface area contributed by atoms with E-state index in [9.17, 15) is 22.7 Å². The first-order valence-electron chi connectivity index (χ1n) is 9.66. The monoisotopic (exact) mass is 473 g/mol. The average Bonchev–Trinajstić information content (AvgIpc) is 2.74. The predicted octanol–water partition coefficient (Wildman–Crippen LogP) is 4.10. The number of fused-ring (bicyclic) bond motifs is 1. The van der Waals surface area contributed by atoms with Crippen molar-refractivity contribution in [3.05, 3.63) is 78.1 Å². The number of halogens is 1. The fraction of sp³-hybridized carbons (Fsp3) is 0.136. The lowest BCUT2D eigenvalue weighted by molar-refractivity contribution is 0.102. The summed E-state index contributed by atoms with van der Waals surface area (Å²) in [5, 5.41) is 15.7. The molecule has 166 valence electrons. The molecule has 3 aromatic rings. The van der Waals surface area contributed by atoms with E-state index < -0.39 is 22.1 Å². The van der Waals surface area contributed by atoms with Crippen LogP contribution in [0, 0.1) is 5.82 Å². The Balaban J connectivity index is 1.46. The van der Waals surface area contributed by atoms with Gasteiger partial charge in [-0.05, 0) is 67.6 Å². The molecule has 0 radical (unpaired) electrons. The second-order valence-electron chi connectivity index (χ2n) is 7.22. The molecule has 1 heterocycles. The second kappa shape index (κ2) is 8.81. The highest BCUT2D eigenvalue weighted by molar-refractivity contribution is 8.00. The van der Waals surface area contributed by atoms with Crippen LogP contribution in [-0.2, 0) is 10.0 Å². The molecule has 4 rings (SSSR count). The van der Waals surface area contributed by atoms with Gasteiger partial charge in [-0.3, -0.25) is 9.52 Å². The third kappa shape index (κ3) is 4.87. The van der Waals surface area contributed by atoms with Gasteiger partial charge in [-0.1, -0.05) is 6.07 Å². The first-order chi connectivity index (χ1) is 15.2. The van der Waals surface area contributed by atoms with Crippen LogP contribution in [0.25, 0.3) is 0 Å². The van der Waals surface area contributed by atoms with Crippen LogP contribution in [0.3, 0.4) is 0 Å². The molecular weight excluding hydrogens is 453 g/mol. The molecule has 1 amide bonds. The van der Waals surface area contributed by atoms with Gasteiger partial charge in [-0.15, -0.1) is 11.8 Å². The highest BCUT2D eigenvalue weighted by Crippen LogP contribution is 2.37. The van der Waals surface area contributed by atoms with Crippen LogP contribution in [0.2, 0.25) is 0 Å². The van der Waals surface area contributed by atoms with E-state index in [1.807, 2.05) is 13.0 Å². The summed E-state index contributed by atoms with van der Waals surface area (Å²) in [5.74, 6) is -0.926. The lowest BCUT2D eigenvalue weighted by atomic mass is 10.1. The maximum absolute atomic E-state index is 13.3. The summed E-state index contributed by atoms with van der Waals surface area (Å²) in [6.45, 7) is 1.91. The quantitative estimate of drug-likeness (QED) is 0.444. The molecule has 1 aliphatic rings. The number of carbonyl (C=O) groups excluding carboxylic acids is 1. The fourth-order valence-electron chi connectivity index (χ4n) is 3.11. The molecule has 7 nitrogen and oxygen atoms in total. The van der Waals surface area contributed by atoms with Crippen LogP contribution in [-0.4, -0.2) is 30.9 Å². The molecule has 0 bridgehead atoms. The Morgan fingerprint density at radius 3 is 2.53 bits per heavy atom. The van der Waals surface area contributed by atoms with E-state index in [0.29, 0.717) is 16.9 Å². The summed E-state index contributed by atoms with van der Waals surface area (Å²) < 4.78 is 40.6. The number of hydrogen-bond donors (Lipinski definition) is 4. The van der Waals surface area contributed by atoms with Gasteiger partial charge in [0.1, 0.15) is 12.0 Å². The molecule has 0 saturated heterocycles. The number of nitrogens with one attached hydrogen (secondary N) is 3. The molecule has 1 aliphatic heterocycles. The summed E-state index contributed by atoms with van der Waals surface area (Å²) in [4.78, 5) is 13.5. The van der Waals surface area contributed by atoms with Crippen molar-refractivity contribution >= 4 is 44.8 Å². The maximum Gasteiger partial charge on any atom is 0.261 e. The van der Waals surface area contributed by atoms with E-state index in [0.717, 1.165) is 11.0 Å². The standard InChI is InChI=1S/C22H20FN3O4S2/c1-13-21(27)25-19-11-14(5-10-20(19)31-13)22(28)24-16-6-8-18(9-7-16)32(29,30)26-17-4-2-3-15(23)12-17/h2-13,21,25-27H,1H3,(H,24,28). The van der Waals surface area contributed by atoms with Crippen molar-refractivity contribution in [1.82, 2.24) is 0 Å². The van der Waals surface area contributed by atoms with Gasteiger partial charge in [0, 0.05) is 16.1 Å². The van der Waals surface area contributed by atoms with Crippen molar-refractivity contribution in [3.63, 3.8) is 0 Å². The summed E-state index contributed by atoms with van der Waals surface area (Å²) in [7, 11) is -3.91. The Morgan fingerprint density at radius 2 is 1.81 bits per heavy atom. The van der Waals surface area contributed by atoms with Crippen molar-refractivity contribution in [3.8, 4) is 0 Å². The Hall–Kier alpha value is -3.08. The van der Waals surface area contributed by atoms with Crippen molar-refractivity contribution in [2.75, 3.05) is 15.4 Å². The summed E-state index contributed by atoms with van der Waals surface area (Å²) in [5.41, 5.74) is 1.59. The van der Waals surface area contributed by atoms with Crippen molar-refractivity contribution < 1.29 is 22.7 Å². The number of amides is 1. The largest absolute Gasteiger partial charge is 0.373 e. The molecule has 3 aromatic carbocycles. The zero-order chi connectivity index (χ0) is 22.9. The molecule has 2 unspecified atom stereocenters. The molecule has 0 saturated carbocycles. The zero-order valence-corrected chi connectivity index (χ0v) is 18.5. The van der Waals surface area contributed by atoms with Crippen LogP contribution >= 0.6 is 11.8 Å². The lowest BCUT2D eigenvalue weighted by Gasteiger charge is -2.28. The predicted molar refractivity (Wildman–Crippen MR) is 123 cm³/mol. The van der Waals surface area contributed by atoms with Gasteiger partial charge < -0.3 is 15.7 Å². The normalized spacial score (nSPS) is 17.7. The van der Waals surface area contributed by atoms with E-state index in [-0.39, 0.29) is 21.7 Å². The van der Waals surface area contributed by atoms with E-state index in [1.54, 1.807) is 12.1 Å². The minimum atomic E-state index is -3.91. The molecular formula is C22H20FN3O4S2. The van der Waals surface area contributed by atoms with Crippen LogP contribution in [0.4, 0.5) is 21.5 Å². The number of thioether (sulfide) groups is 1. The van der Waals surface area contributed by atoms with Crippen molar-refractivity contribution in [2.24, 2.45) is 0 Å². The van der Waals surface area contributed by atoms with Crippen LogP contribution in [0.1, 0.15) is 17.3 Å². The number of rotatable bonds is 5. The first kappa shape index (κ1) is 22.1. The summed E-state index contributed by atoms with van der Waals surface area (Å²) in [6.07, 6.45) is -0.707. The van der Waals surface area contributed by atoms with E-state index in [4.69, 9.17) is 0 Å². The highest BCUT2D eigenvalue weighted by atomic mass is 32.2. The Bertz CT molecular complexity index is 1270. The molecule has 10 heteroatoms. The van der Waals surface area contributed by atoms with Gasteiger partial charge in [0.05, 0.1) is 21.5 Å². The van der Waals surface area contributed by atoms with Gasteiger partial charge in [0.15, 0.2) is 0 Å². The average molecular weight is 474 g/mol. The van der Waals surface area contributed by atoms with E-state index in [2.05, 4.69) is 15.4 Å². The topological polar surface area (TPSA) is 108 Å². The second-order valence-corrected chi connectivity index (χ2v) is 10.3. The van der Waals surface area contributed by atoms with Gasteiger partial charge in [0.2, 0.25) is 0 Å². The van der Waals surface area contributed by atoms with Gasteiger partial charge in [-0.2, -0.15) is 0 Å².